The van der Waals surface area contributed by atoms with Gasteiger partial charge < -0.3 is 5.11 Å². The molecule has 0 amide bonds. The first kappa shape index (κ1) is 13.6. The van der Waals surface area contributed by atoms with Crippen molar-refractivity contribution in [3.05, 3.63) is 69.2 Å². The monoisotopic (exact) mass is 324 g/mol. The molecule has 0 spiro atoms. The van der Waals surface area contributed by atoms with Gasteiger partial charge in [-0.15, -0.1) is 0 Å². The van der Waals surface area contributed by atoms with Crippen LogP contribution < -0.4 is 0 Å². The van der Waals surface area contributed by atoms with Crippen molar-refractivity contribution in [2.75, 3.05) is 0 Å². The van der Waals surface area contributed by atoms with Crippen LogP contribution in [-0.4, -0.2) is 5.11 Å². The Labute approximate surface area is 121 Å². The van der Waals surface area contributed by atoms with Gasteiger partial charge in [-0.3, -0.25) is 0 Å². The van der Waals surface area contributed by atoms with Gasteiger partial charge in [-0.05, 0) is 42.3 Å². The third-order valence-corrected chi connectivity index (χ3v) is 3.61. The zero-order valence-corrected chi connectivity index (χ0v) is 12.4. The lowest BCUT2D eigenvalue weighted by atomic mass is 9.89. The Balaban J connectivity index is 2.26. The molecule has 2 aromatic rings. The maximum absolute atomic E-state index is 10.6. The van der Waals surface area contributed by atoms with Gasteiger partial charge in [-0.2, -0.15) is 0 Å². The maximum Gasteiger partial charge on any atom is 0.0909 e. The lowest BCUT2D eigenvalue weighted by Crippen LogP contribution is -2.24. The van der Waals surface area contributed by atoms with Crippen LogP contribution in [-0.2, 0) is 12.0 Å². The molecule has 1 atom stereocenters. The molecule has 0 aliphatic carbocycles. The average Bonchev–Trinajstić information content (AvgIpc) is 2.28. The quantitative estimate of drug-likeness (QED) is 0.877. The van der Waals surface area contributed by atoms with E-state index in [-0.39, 0.29) is 0 Å². The molecule has 0 saturated carbocycles. The first-order chi connectivity index (χ1) is 8.47. The molecule has 0 radical (unpaired) electrons. The molecule has 94 valence electrons. The average molecular weight is 326 g/mol. The van der Waals surface area contributed by atoms with Crippen molar-refractivity contribution in [1.82, 2.24) is 0 Å². The molecule has 0 aliphatic rings. The number of rotatable bonds is 3. The Morgan fingerprint density at radius 3 is 2.56 bits per heavy atom. The van der Waals surface area contributed by atoms with Crippen LogP contribution in [0.3, 0.4) is 0 Å². The molecule has 0 aromatic heterocycles. The van der Waals surface area contributed by atoms with E-state index < -0.39 is 5.60 Å². The van der Waals surface area contributed by atoms with E-state index in [4.69, 9.17) is 11.6 Å². The van der Waals surface area contributed by atoms with Gasteiger partial charge in [0.05, 0.1) is 5.60 Å². The molecule has 0 aliphatic heterocycles. The van der Waals surface area contributed by atoms with E-state index in [1.807, 2.05) is 55.5 Å². The molecular formula is C15H14BrClO. The minimum absolute atomic E-state index is 0.532. The van der Waals surface area contributed by atoms with E-state index in [1.165, 1.54) is 0 Å². The zero-order valence-electron chi connectivity index (χ0n) is 10.0. The molecule has 0 saturated heterocycles. The van der Waals surface area contributed by atoms with Crippen molar-refractivity contribution in [3.8, 4) is 0 Å². The summed E-state index contributed by atoms with van der Waals surface area (Å²) in [5.41, 5.74) is 0.999. The lowest BCUT2D eigenvalue weighted by molar-refractivity contribution is 0.0576. The molecule has 1 N–H and O–H groups in total. The molecule has 2 rings (SSSR count). The minimum atomic E-state index is -0.908. The Morgan fingerprint density at radius 2 is 1.89 bits per heavy atom. The highest BCUT2D eigenvalue weighted by molar-refractivity contribution is 9.10. The van der Waals surface area contributed by atoms with E-state index in [0.717, 1.165) is 15.6 Å². The fraction of sp³-hybridized carbons (Fsp3) is 0.200. The largest absolute Gasteiger partial charge is 0.385 e. The summed E-state index contributed by atoms with van der Waals surface area (Å²) in [6.45, 7) is 1.82. The topological polar surface area (TPSA) is 20.2 Å². The van der Waals surface area contributed by atoms with Crippen molar-refractivity contribution >= 4 is 27.5 Å². The third kappa shape index (κ3) is 3.35. The summed E-state index contributed by atoms with van der Waals surface area (Å²) in [5, 5.41) is 11.3. The fourth-order valence-electron chi connectivity index (χ4n) is 1.97. The van der Waals surface area contributed by atoms with E-state index in [2.05, 4.69) is 15.9 Å². The van der Waals surface area contributed by atoms with Crippen molar-refractivity contribution in [1.29, 1.82) is 0 Å². The summed E-state index contributed by atoms with van der Waals surface area (Å²) >= 11 is 9.38. The van der Waals surface area contributed by atoms with Crippen LogP contribution in [0.1, 0.15) is 18.1 Å². The van der Waals surface area contributed by atoms with Crippen molar-refractivity contribution in [2.45, 2.75) is 18.9 Å². The van der Waals surface area contributed by atoms with Gasteiger partial charge >= 0.3 is 0 Å². The van der Waals surface area contributed by atoms with Crippen LogP contribution in [0.4, 0.5) is 0 Å². The standard InChI is InChI=1S/C15H14BrClO/c1-15(18,12-5-3-6-13(16)9-12)10-11-4-2-7-14(17)8-11/h2-9,18H,10H2,1H3. The van der Waals surface area contributed by atoms with Crippen LogP contribution in [0.25, 0.3) is 0 Å². The Kier molecular flexibility index (Phi) is 4.10. The number of benzene rings is 2. The van der Waals surface area contributed by atoms with E-state index >= 15 is 0 Å². The Hall–Kier alpha value is -0.830. The van der Waals surface area contributed by atoms with E-state index in [9.17, 15) is 5.11 Å². The number of aliphatic hydroxyl groups is 1. The minimum Gasteiger partial charge on any atom is -0.385 e. The highest BCUT2D eigenvalue weighted by Crippen LogP contribution is 2.28. The Morgan fingerprint density at radius 1 is 1.17 bits per heavy atom. The number of hydrogen-bond donors (Lipinski definition) is 1. The second-order valence-corrected chi connectivity index (χ2v) is 5.94. The summed E-state index contributed by atoms with van der Waals surface area (Å²) in [6, 6.07) is 15.3. The summed E-state index contributed by atoms with van der Waals surface area (Å²) in [7, 11) is 0. The van der Waals surface area contributed by atoms with E-state index in [1.54, 1.807) is 0 Å². The van der Waals surface area contributed by atoms with Crippen molar-refractivity contribution in [3.63, 3.8) is 0 Å². The van der Waals surface area contributed by atoms with Crippen molar-refractivity contribution in [2.24, 2.45) is 0 Å². The van der Waals surface area contributed by atoms with Gasteiger partial charge in [-0.25, -0.2) is 0 Å². The summed E-state index contributed by atoms with van der Waals surface area (Å²) < 4.78 is 0.964. The van der Waals surface area contributed by atoms with Crippen LogP contribution in [0.15, 0.2) is 53.0 Å². The van der Waals surface area contributed by atoms with Crippen molar-refractivity contribution < 1.29 is 5.11 Å². The molecule has 2 aromatic carbocycles. The normalized spacial score (nSPS) is 14.2. The molecule has 0 heterocycles. The predicted octanol–water partition coefficient (Wildman–Crippen LogP) is 4.55. The molecule has 0 bridgehead atoms. The molecular weight excluding hydrogens is 312 g/mol. The first-order valence-electron chi connectivity index (χ1n) is 5.70. The summed E-state index contributed by atoms with van der Waals surface area (Å²) in [6.07, 6.45) is 0.532. The summed E-state index contributed by atoms with van der Waals surface area (Å²) in [5.74, 6) is 0. The molecule has 0 fully saturated rings. The zero-order chi connectivity index (χ0) is 13.2. The van der Waals surface area contributed by atoms with Crippen LogP contribution >= 0.6 is 27.5 Å². The smallest absolute Gasteiger partial charge is 0.0909 e. The second kappa shape index (κ2) is 5.43. The van der Waals surface area contributed by atoms with Crippen LogP contribution in [0.2, 0.25) is 5.02 Å². The lowest BCUT2D eigenvalue weighted by Gasteiger charge is -2.24. The second-order valence-electron chi connectivity index (χ2n) is 4.59. The molecule has 3 heteroatoms. The van der Waals surface area contributed by atoms with Crippen LogP contribution in [0, 0.1) is 0 Å². The number of halogens is 2. The predicted molar refractivity (Wildman–Crippen MR) is 78.9 cm³/mol. The van der Waals surface area contributed by atoms with Gasteiger partial charge in [0.1, 0.15) is 0 Å². The SMILES string of the molecule is CC(O)(Cc1cccc(Cl)c1)c1cccc(Br)c1. The molecule has 18 heavy (non-hydrogen) atoms. The van der Waals surface area contributed by atoms with Gasteiger partial charge in [0.25, 0.3) is 0 Å². The highest BCUT2D eigenvalue weighted by atomic mass is 79.9. The van der Waals surface area contributed by atoms with Gasteiger partial charge in [0.2, 0.25) is 0 Å². The molecule has 1 unspecified atom stereocenters. The van der Waals surface area contributed by atoms with E-state index in [0.29, 0.717) is 11.4 Å². The number of hydrogen-bond acceptors (Lipinski definition) is 1. The van der Waals surface area contributed by atoms with Gasteiger partial charge in [0, 0.05) is 15.9 Å². The third-order valence-electron chi connectivity index (χ3n) is 2.88. The first-order valence-corrected chi connectivity index (χ1v) is 6.87. The Bertz CT molecular complexity index is 552. The van der Waals surface area contributed by atoms with Gasteiger partial charge in [0.15, 0.2) is 0 Å². The van der Waals surface area contributed by atoms with Gasteiger partial charge in [-0.1, -0.05) is 51.8 Å². The molecule has 1 nitrogen and oxygen atoms in total. The van der Waals surface area contributed by atoms with Crippen LogP contribution in [0.5, 0.6) is 0 Å². The maximum atomic E-state index is 10.6. The fourth-order valence-corrected chi connectivity index (χ4v) is 2.58. The highest BCUT2D eigenvalue weighted by Gasteiger charge is 2.23. The summed E-state index contributed by atoms with van der Waals surface area (Å²) in [4.78, 5) is 0.